The molecule has 1 aromatic heterocycles. The smallest absolute Gasteiger partial charge is 0.325 e. The van der Waals surface area contributed by atoms with Crippen LogP contribution in [0.25, 0.3) is 6.08 Å². The van der Waals surface area contributed by atoms with Crippen molar-refractivity contribution in [1.82, 2.24) is 4.90 Å². The Morgan fingerprint density at radius 3 is 2.89 bits per heavy atom. The number of rotatable bonds is 6. The van der Waals surface area contributed by atoms with E-state index in [9.17, 15) is 9.59 Å². The molecule has 5 heteroatoms. The minimum atomic E-state index is -0.367. The lowest BCUT2D eigenvalue weighted by molar-refractivity contribution is -0.148. The lowest BCUT2D eigenvalue weighted by atomic mass is 10.3. The summed E-state index contributed by atoms with van der Waals surface area (Å²) in [5, 5.41) is 0. The summed E-state index contributed by atoms with van der Waals surface area (Å²) in [5.74, 6) is 0.0568. The van der Waals surface area contributed by atoms with Crippen molar-refractivity contribution in [2.45, 2.75) is 25.8 Å². The fraction of sp³-hybridized carbons (Fsp3) is 0.429. The molecule has 0 N–H and O–H groups in total. The van der Waals surface area contributed by atoms with Crippen LogP contribution in [0.15, 0.2) is 28.9 Å². The standard InChI is InChI=1S/C14H17NO4/c1-2-18-14(17)10-15(11-5-6-11)13(16)8-7-12-4-3-9-19-12/h3-4,7-9,11H,2,5-6,10H2,1H3. The van der Waals surface area contributed by atoms with Crippen LogP contribution >= 0.6 is 0 Å². The molecule has 0 radical (unpaired) electrons. The Balaban J connectivity index is 1.94. The summed E-state index contributed by atoms with van der Waals surface area (Å²) in [6.07, 6.45) is 6.46. The Morgan fingerprint density at radius 2 is 2.32 bits per heavy atom. The summed E-state index contributed by atoms with van der Waals surface area (Å²) in [6.45, 7) is 2.09. The maximum atomic E-state index is 12.0. The van der Waals surface area contributed by atoms with Crippen LogP contribution in [0.2, 0.25) is 0 Å². The first-order valence-electron chi connectivity index (χ1n) is 6.38. The minimum absolute atomic E-state index is 0.0137. The average molecular weight is 263 g/mol. The van der Waals surface area contributed by atoms with Gasteiger partial charge in [0.05, 0.1) is 12.9 Å². The Morgan fingerprint density at radius 1 is 1.53 bits per heavy atom. The predicted octanol–water partition coefficient (Wildman–Crippen LogP) is 1.85. The van der Waals surface area contributed by atoms with Crippen molar-refractivity contribution >= 4 is 18.0 Å². The zero-order valence-corrected chi connectivity index (χ0v) is 10.9. The highest BCUT2D eigenvalue weighted by molar-refractivity contribution is 5.93. The molecule has 0 aromatic carbocycles. The molecule has 5 nitrogen and oxygen atoms in total. The first kappa shape index (κ1) is 13.4. The van der Waals surface area contributed by atoms with Crippen molar-refractivity contribution in [2.75, 3.05) is 13.2 Å². The predicted molar refractivity (Wildman–Crippen MR) is 69.1 cm³/mol. The molecule has 0 aliphatic heterocycles. The van der Waals surface area contributed by atoms with Crippen LogP contribution < -0.4 is 0 Å². The number of amides is 1. The van der Waals surface area contributed by atoms with Crippen LogP contribution in [0.5, 0.6) is 0 Å². The normalized spacial score (nSPS) is 14.6. The summed E-state index contributed by atoms with van der Waals surface area (Å²) in [5.41, 5.74) is 0. The lowest BCUT2D eigenvalue weighted by Crippen LogP contribution is -2.37. The number of hydrogen-bond acceptors (Lipinski definition) is 4. The van der Waals surface area contributed by atoms with Gasteiger partial charge in [-0.3, -0.25) is 9.59 Å². The van der Waals surface area contributed by atoms with Crippen molar-refractivity contribution in [1.29, 1.82) is 0 Å². The zero-order chi connectivity index (χ0) is 13.7. The van der Waals surface area contributed by atoms with Gasteiger partial charge in [-0.1, -0.05) is 0 Å². The van der Waals surface area contributed by atoms with Crippen molar-refractivity contribution in [3.8, 4) is 0 Å². The number of nitrogens with zero attached hydrogens (tertiary/aromatic N) is 1. The monoisotopic (exact) mass is 263 g/mol. The van der Waals surface area contributed by atoms with Gasteiger partial charge in [0.25, 0.3) is 0 Å². The second kappa shape index (κ2) is 6.22. The van der Waals surface area contributed by atoms with Crippen LogP contribution in [-0.2, 0) is 14.3 Å². The molecule has 1 heterocycles. The van der Waals surface area contributed by atoms with E-state index >= 15 is 0 Å². The van der Waals surface area contributed by atoms with Gasteiger partial charge in [0.2, 0.25) is 5.91 Å². The van der Waals surface area contributed by atoms with Gasteiger partial charge in [-0.15, -0.1) is 0 Å². The van der Waals surface area contributed by atoms with Gasteiger partial charge in [0.15, 0.2) is 0 Å². The maximum absolute atomic E-state index is 12.0. The second-order valence-electron chi connectivity index (χ2n) is 4.35. The highest BCUT2D eigenvalue weighted by Crippen LogP contribution is 2.27. The molecule has 1 amide bonds. The average Bonchev–Trinajstić information content (AvgIpc) is 3.09. The van der Waals surface area contributed by atoms with E-state index in [0.717, 1.165) is 12.8 Å². The first-order valence-corrected chi connectivity index (χ1v) is 6.38. The van der Waals surface area contributed by atoms with Crippen LogP contribution in [0.1, 0.15) is 25.5 Å². The van der Waals surface area contributed by atoms with E-state index in [1.165, 1.54) is 6.08 Å². The van der Waals surface area contributed by atoms with Crippen molar-refractivity contribution in [2.24, 2.45) is 0 Å². The number of esters is 1. The summed E-state index contributed by atoms with van der Waals surface area (Å²) in [7, 11) is 0. The quantitative estimate of drug-likeness (QED) is 0.580. The molecule has 19 heavy (non-hydrogen) atoms. The fourth-order valence-corrected chi connectivity index (χ4v) is 1.75. The number of hydrogen-bond donors (Lipinski definition) is 0. The fourth-order valence-electron chi connectivity index (χ4n) is 1.75. The molecule has 2 rings (SSSR count). The molecular weight excluding hydrogens is 246 g/mol. The summed E-state index contributed by atoms with van der Waals surface area (Å²) in [4.78, 5) is 25.1. The molecule has 1 saturated carbocycles. The molecular formula is C14H17NO4. The molecule has 1 aliphatic carbocycles. The molecule has 0 bridgehead atoms. The Labute approximate surface area is 111 Å². The minimum Gasteiger partial charge on any atom is -0.465 e. The van der Waals surface area contributed by atoms with E-state index in [1.807, 2.05) is 0 Å². The molecule has 0 atom stereocenters. The van der Waals surface area contributed by atoms with Crippen molar-refractivity contribution < 1.29 is 18.7 Å². The molecule has 1 fully saturated rings. The summed E-state index contributed by atoms with van der Waals surface area (Å²) >= 11 is 0. The first-order chi connectivity index (χ1) is 9.20. The molecule has 0 spiro atoms. The zero-order valence-electron chi connectivity index (χ0n) is 10.9. The third kappa shape index (κ3) is 3.98. The van der Waals surface area contributed by atoms with Gasteiger partial charge < -0.3 is 14.1 Å². The SMILES string of the molecule is CCOC(=O)CN(C(=O)C=Cc1ccco1)C1CC1. The largest absolute Gasteiger partial charge is 0.465 e. The van der Waals surface area contributed by atoms with Gasteiger partial charge in [-0.25, -0.2) is 0 Å². The van der Waals surface area contributed by atoms with E-state index < -0.39 is 0 Å². The number of furan rings is 1. The summed E-state index contributed by atoms with van der Waals surface area (Å²) < 4.78 is 9.99. The number of carbonyl (C=O) groups excluding carboxylic acids is 2. The number of carbonyl (C=O) groups is 2. The van der Waals surface area contributed by atoms with Gasteiger partial charge in [0.1, 0.15) is 12.3 Å². The molecule has 102 valence electrons. The summed E-state index contributed by atoms with van der Waals surface area (Å²) in [6, 6.07) is 3.68. The molecule has 1 aliphatic rings. The van der Waals surface area contributed by atoms with Gasteiger partial charge in [0, 0.05) is 12.1 Å². The van der Waals surface area contributed by atoms with Gasteiger partial charge in [-0.2, -0.15) is 0 Å². The molecule has 0 unspecified atom stereocenters. The number of ether oxygens (including phenoxy) is 1. The van der Waals surface area contributed by atoms with E-state index in [-0.39, 0.29) is 24.5 Å². The highest BCUT2D eigenvalue weighted by Gasteiger charge is 2.33. The lowest BCUT2D eigenvalue weighted by Gasteiger charge is -2.19. The van der Waals surface area contributed by atoms with Crippen molar-refractivity contribution in [3.05, 3.63) is 30.2 Å². The third-order valence-corrected chi connectivity index (χ3v) is 2.81. The van der Waals surface area contributed by atoms with Gasteiger partial charge in [-0.05, 0) is 38.0 Å². The van der Waals surface area contributed by atoms with E-state index in [1.54, 1.807) is 36.3 Å². The van der Waals surface area contributed by atoms with E-state index in [0.29, 0.717) is 12.4 Å². The van der Waals surface area contributed by atoms with Crippen molar-refractivity contribution in [3.63, 3.8) is 0 Å². The van der Waals surface area contributed by atoms with Crippen LogP contribution in [0.4, 0.5) is 0 Å². The Kier molecular flexibility index (Phi) is 4.39. The van der Waals surface area contributed by atoms with E-state index in [2.05, 4.69) is 0 Å². The Hall–Kier alpha value is -2.04. The maximum Gasteiger partial charge on any atom is 0.325 e. The second-order valence-corrected chi connectivity index (χ2v) is 4.35. The van der Waals surface area contributed by atoms with Gasteiger partial charge >= 0.3 is 5.97 Å². The van der Waals surface area contributed by atoms with Crippen LogP contribution in [0, 0.1) is 0 Å². The highest BCUT2D eigenvalue weighted by atomic mass is 16.5. The van der Waals surface area contributed by atoms with Crippen LogP contribution in [-0.4, -0.2) is 36.0 Å². The molecule has 1 aromatic rings. The third-order valence-electron chi connectivity index (χ3n) is 2.81. The Bertz CT molecular complexity index is 460. The molecule has 0 saturated heterocycles. The van der Waals surface area contributed by atoms with Crippen LogP contribution in [0.3, 0.4) is 0 Å². The van der Waals surface area contributed by atoms with E-state index in [4.69, 9.17) is 9.15 Å². The topological polar surface area (TPSA) is 59.8 Å².